The van der Waals surface area contributed by atoms with E-state index < -0.39 is 16.4 Å². The molecule has 2 aliphatic heterocycles. The van der Waals surface area contributed by atoms with Crippen LogP contribution in [0.5, 0.6) is 0 Å². The molecule has 1 aromatic carbocycles. The molecule has 17 heavy (non-hydrogen) atoms. The van der Waals surface area contributed by atoms with Crippen molar-refractivity contribution in [2.45, 2.75) is 41.8 Å². The van der Waals surface area contributed by atoms with Crippen LogP contribution >= 0.6 is 0 Å². The van der Waals surface area contributed by atoms with Crippen molar-refractivity contribution in [3.8, 4) is 0 Å². The van der Waals surface area contributed by atoms with E-state index in [-0.39, 0.29) is 16.3 Å². The maximum atomic E-state index is 13.8. The van der Waals surface area contributed by atoms with Crippen molar-refractivity contribution in [3.05, 3.63) is 35.6 Å². The Morgan fingerprint density at radius 2 is 1.82 bits per heavy atom. The van der Waals surface area contributed by atoms with Crippen molar-refractivity contribution in [1.29, 1.82) is 0 Å². The first kappa shape index (κ1) is 11.4. The second kappa shape index (κ2) is 3.89. The molecule has 2 bridgehead atoms. The minimum Gasteiger partial charge on any atom is -0.385 e. The van der Waals surface area contributed by atoms with Gasteiger partial charge in [0.2, 0.25) is 0 Å². The third-order valence-electron chi connectivity index (χ3n) is 3.97. The van der Waals surface area contributed by atoms with Gasteiger partial charge in [-0.3, -0.25) is 4.21 Å². The standard InChI is InChI=1S/C13H15FO2S/c14-12-4-2-1-3-11(12)13(15)7-9-5-6-10(8-13)17(9)16/h1-4,9-10,15H,5-8H2. The van der Waals surface area contributed by atoms with Crippen molar-refractivity contribution < 1.29 is 13.7 Å². The molecule has 1 aromatic rings. The Balaban J connectivity index is 1.98. The fourth-order valence-electron chi connectivity index (χ4n) is 3.14. The van der Waals surface area contributed by atoms with Gasteiger partial charge in [0.1, 0.15) is 5.82 Å². The van der Waals surface area contributed by atoms with Gasteiger partial charge in [-0.15, -0.1) is 0 Å². The molecular weight excluding hydrogens is 239 g/mol. The quantitative estimate of drug-likeness (QED) is 0.833. The monoisotopic (exact) mass is 254 g/mol. The van der Waals surface area contributed by atoms with Gasteiger partial charge in [-0.2, -0.15) is 0 Å². The van der Waals surface area contributed by atoms with E-state index in [0.717, 1.165) is 12.8 Å². The average molecular weight is 254 g/mol. The molecule has 0 amide bonds. The molecule has 0 saturated carbocycles. The summed E-state index contributed by atoms with van der Waals surface area (Å²) in [4.78, 5) is 0. The Hall–Kier alpha value is -0.740. The third kappa shape index (κ3) is 1.74. The zero-order chi connectivity index (χ0) is 12.0. The van der Waals surface area contributed by atoms with Crippen LogP contribution in [0, 0.1) is 5.82 Å². The van der Waals surface area contributed by atoms with E-state index in [0.29, 0.717) is 18.4 Å². The second-order valence-corrected chi connectivity index (χ2v) is 7.06. The number of halogens is 1. The molecule has 2 heterocycles. The molecule has 92 valence electrons. The molecule has 0 spiro atoms. The van der Waals surface area contributed by atoms with Gasteiger partial charge < -0.3 is 5.11 Å². The molecule has 0 radical (unpaired) electrons. The molecule has 2 saturated heterocycles. The van der Waals surface area contributed by atoms with E-state index in [1.54, 1.807) is 18.2 Å². The summed E-state index contributed by atoms with van der Waals surface area (Å²) in [6.07, 6.45) is 2.65. The zero-order valence-electron chi connectivity index (χ0n) is 9.43. The Bertz CT molecular complexity index is 458. The molecular formula is C13H15FO2S. The number of hydrogen-bond acceptors (Lipinski definition) is 2. The molecule has 3 rings (SSSR count). The summed E-state index contributed by atoms with van der Waals surface area (Å²) in [5, 5.41) is 10.7. The van der Waals surface area contributed by atoms with Crippen LogP contribution in [-0.4, -0.2) is 19.8 Å². The van der Waals surface area contributed by atoms with Gasteiger partial charge >= 0.3 is 0 Å². The summed E-state index contributed by atoms with van der Waals surface area (Å²) in [6.45, 7) is 0. The lowest BCUT2D eigenvalue weighted by Gasteiger charge is -2.36. The molecule has 0 aliphatic carbocycles. The Kier molecular flexibility index (Phi) is 2.60. The van der Waals surface area contributed by atoms with Crippen LogP contribution in [0.2, 0.25) is 0 Å². The van der Waals surface area contributed by atoms with Crippen LogP contribution in [0.15, 0.2) is 24.3 Å². The summed E-state index contributed by atoms with van der Waals surface area (Å²) in [5.41, 5.74) is -0.751. The summed E-state index contributed by atoms with van der Waals surface area (Å²) in [7, 11) is -0.828. The van der Waals surface area contributed by atoms with E-state index in [1.807, 2.05) is 0 Å². The highest BCUT2D eigenvalue weighted by Gasteiger charge is 2.49. The molecule has 1 N–H and O–H groups in total. The van der Waals surface area contributed by atoms with E-state index >= 15 is 0 Å². The van der Waals surface area contributed by atoms with Gasteiger partial charge in [0.05, 0.1) is 5.60 Å². The smallest absolute Gasteiger partial charge is 0.129 e. The van der Waals surface area contributed by atoms with E-state index in [2.05, 4.69) is 0 Å². The minimum absolute atomic E-state index is 0.0401. The average Bonchev–Trinajstić information content (AvgIpc) is 2.53. The highest BCUT2D eigenvalue weighted by atomic mass is 32.2. The molecule has 2 aliphatic rings. The summed E-state index contributed by atoms with van der Waals surface area (Å²) >= 11 is 0. The lowest BCUT2D eigenvalue weighted by Crippen LogP contribution is -2.40. The summed E-state index contributed by atoms with van der Waals surface area (Å²) in [6, 6.07) is 6.38. The fourth-order valence-corrected chi connectivity index (χ4v) is 5.30. The topological polar surface area (TPSA) is 37.3 Å². The Morgan fingerprint density at radius 1 is 1.24 bits per heavy atom. The molecule has 0 aromatic heterocycles. The van der Waals surface area contributed by atoms with E-state index in [4.69, 9.17) is 0 Å². The number of benzene rings is 1. The van der Waals surface area contributed by atoms with Gasteiger partial charge in [0.15, 0.2) is 0 Å². The lowest BCUT2D eigenvalue weighted by atomic mass is 9.85. The Labute approximate surface area is 102 Å². The SMILES string of the molecule is O=S1C2CCC1CC(O)(c1ccccc1F)C2. The van der Waals surface area contributed by atoms with Crippen LogP contribution < -0.4 is 0 Å². The highest BCUT2D eigenvalue weighted by molar-refractivity contribution is 7.86. The maximum absolute atomic E-state index is 13.8. The van der Waals surface area contributed by atoms with Crippen LogP contribution in [0.1, 0.15) is 31.2 Å². The van der Waals surface area contributed by atoms with E-state index in [9.17, 15) is 13.7 Å². The van der Waals surface area contributed by atoms with Crippen LogP contribution in [0.4, 0.5) is 4.39 Å². The number of fused-ring (bicyclic) bond motifs is 2. The maximum Gasteiger partial charge on any atom is 0.129 e. The molecule has 2 fully saturated rings. The summed E-state index contributed by atoms with van der Waals surface area (Å²) in [5.74, 6) is -0.359. The molecule has 4 heteroatoms. The predicted octanol–water partition coefficient (Wildman–Crippen LogP) is 2.09. The van der Waals surface area contributed by atoms with E-state index in [1.165, 1.54) is 6.07 Å². The number of aliphatic hydroxyl groups is 1. The van der Waals surface area contributed by atoms with Gasteiger partial charge in [-0.25, -0.2) is 4.39 Å². The lowest BCUT2D eigenvalue weighted by molar-refractivity contribution is 0.0151. The van der Waals surface area contributed by atoms with Crippen LogP contribution in [0.25, 0.3) is 0 Å². The first-order valence-corrected chi connectivity index (χ1v) is 7.24. The minimum atomic E-state index is -1.12. The first-order chi connectivity index (χ1) is 8.10. The van der Waals surface area contributed by atoms with Crippen molar-refractivity contribution in [1.82, 2.24) is 0 Å². The predicted molar refractivity (Wildman–Crippen MR) is 64.5 cm³/mol. The molecule has 2 atom stereocenters. The van der Waals surface area contributed by atoms with Gasteiger partial charge in [-0.05, 0) is 31.7 Å². The number of hydrogen-bond donors (Lipinski definition) is 1. The fraction of sp³-hybridized carbons (Fsp3) is 0.538. The van der Waals surface area contributed by atoms with Crippen LogP contribution in [-0.2, 0) is 16.4 Å². The largest absolute Gasteiger partial charge is 0.385 e. The van der Waals surface area contributed by atoms with Crippen molar-refractivity contribution in [3.63, 3.8) is 0 Å². The zero-order valence-corrected chi connectivity index (χ0v) is 10.3. The van der Waals surface area contributed by atoms with Gasteiger partial charge in [0, 0.05) is 26.9 Å². The number of rotatable bonds is 1. The highest BCUT2D eigenvalue weighted by Crippen LogP contribution is 2.46. The summed E-state index contributed by atoms with van der Waals surface area (Å²) < 4.78 is 25.7. The van der Waals surface area contributed by atoms with Crippen molar-refractivity contribution >= 4 is 10.8 Å². The molecule has 2 nitrogen and oxygen atoms in total. The third-order valence-corrected chi connectivity index (χ3v) is 6.09. The van der Waals surface area contributed by atoms with Crippen LogP contribution in [0.3, 0.4) is 0 Å². The first-order valence-electron chi connectivity index (χ1n) is 5.97. The van der Waals surface area contributed by atoms with Gasteiger partial charge in [0.25, 0.3) is 0 Å². The Morgan fingerprint density at radius 3 is 2.41 bits per heavy atom. The molecule has 2 unspecified atom stereocenters. The van der Waals surface area contributed by atoms with Gasteiger partial charge in [-0.1, -0.05) is 18.2 Å². The normalized spacial score (nSPS) is 40.5. The van der Waals surface area contributed by atoms with Crippen molar-refractivity contribution in [2.24, 2.45) is 0 Å². The van der Waals surface area contributed by atoms with Crippen molar-refractivity contribution in [2.75, 3.05) is 0 Å². The second-order valence-electron chi connectivity index (χ2n) is 5.07.